The van der Waals surface area contributed by atoms with Crippen LogP contribution in [0.4, 0.5) is 11.4 Å². The number of carbonyl (C=O) groups excluding carboxylic acids is 3. The number of anilines is 2. The Morgan fingerprint density at radius 3 is 2.03 bits per heavy atom. The summed E-state index contributed by atoms with van der Waals surface area (Å²) in [4.78, 5) is 37.5. The lowest BCUT2D eigenvalue weighted by molar-refractivity contribution is -0.115. The molecule has 0 saturated carbocycles. The van der Waals surface area contributed by atoms with E-state index in [0.717, 1.165) is 16.3 Å². The molecule has 29 heavy (non-hydrogen) atoms. The fourth-order valence-electron chi connectivity index (χ4n) is 3.28. The third-order valence-corrected chi connectivity index (χ3v) is 4.45. The van der Waals surface area contributed by atoms with Gasteiger partial charge in [0, 0.05) is 44.4 Å². The van der Waals surface area contributed by atoms with E-state index in [1.165, 1.54) is 13.8 Å². The van der Waals surface area contributed by atoms with E-state index in [2.05, 4.69) is 10.6 Å². The van der Waals surface area contributed by atoms with Gasteiger partial charge in [-0.25, -0.2) is 0 Å². The minimum atomic E-state index is -0.257. The van der Waals surface area contributed by atoms with Crippen LogP contribution in [0.5, 0.6) is 0 Å². The lowest BCUT2D eigenvalue weighted by Crippen LogP contribution is -2.26. The van der Waals surface area contributed by atoms with Crippen molar-refractivity contribution in [2.75, 3.05) is 17.7 Å². The van der Waals surface area contributed by atoms with Crippen LogP contribution in [0.3, 0.4) is 0 Å². The van der Waals surface area contributed by atoms with Crippen LogP contribution in [0.1, 0.15) is 29.8 Å². The van der Waals surface area contributed by atoms with E-state index in [9.17, 15) is 14.4 Å². The molecule has 0 fully saturated rings. The zero-order chi connectivity index (χ0) is 21.0. The Kier molecular flexibility index (Phi) is 5.93. The lowest BCUT2D eigenvalue weighted by Gasteiger charge is -2.20. The summed E-state index contributed by atoms with van der Waals surface area (Å²) in [5.41, 5.74) is 2.32. The van der Waals surface area contributed by atoms with Crippen LogP contribution in [0.25, 0.3) is 10.8 Å². The van der Waals surface area contributed by atoms with Gasteiger partial charge in [0.15, 0.2) is 0 Å². The fraction of sp³-hybridized carbons (Fsp3) is 0.174. The highest BCUT2D eigenvalue weighted by Gasteiger charge is 2.16. The molecule has 0 spiro atoms. The van der Waals surface area contributed by atoms with Gasteiger partial charge in [-0.3, -0.25) is 14.4 Å². The van der Waals surface area contributed by atoms with Crippen molar-refractivity contribution in [1.82, 2.24) is 4.90 Å². The second-order valence-corrected chi connectivity index (χ2v) is 6.96. The van der Waals surface area contributed by atoms with E-state index in [-0.39, 0.29) is 17.7 Å². The molecule has 0 aliphatic rings. The number of carbonyl (C=O) groups is 3. The van der Waals surface area contributed by atoms with Gasteiger partial charge in [-0.1, -0.05) is 42.5 Å². The molecule has 0 bridgehead atoms. The number of nitrogens with zero attached hydrogens (tertiary/aromatic N) is 1. The minimum absolute atomic E-state index is 0.211. The Labute approximate surface area is 169 Å². The van der Waals surface area contributed by atoms with Crippen molar-refractivity contribution in [3.63, 3.8) is 0 Å². The first-order valence-electron chi connectivity index (χ1n) is 9.26. The molecule has 2 N–H and O–H groups in total. The molecular formula is C23H23N3O3. The number of nitrogens with one attached hydrogen (secondary N) is 2. The molecule has 3 rings (SSSR count). The average Bonchev–Trinajstić information content (AvgIpc) is 2.66. The number of fused-ring (bicyclic) bond motifs is 1. The Morgan fingerprint density at radius 1 is 0.828 bits per heavy atom. The van der Waals surface area contributed by atoms with Crippen LogP contribution in [0.15, 0.2) is 60.7 Å². The van der Waals surface area contributed by atoms with E-state index >= 15 is 0 Å². The standard InChI is InChI=1S/C23H23N3O3/c1-15(27)24-20-11-19(12-21(13-20)25-16(2)28)23(29)26(3)14-18-9-6-8-17-7-4-5-10-22(17)18/h4-13H,14H2,1-3H3,(H,24,27)(H,25,28). The SMILES string of the molecule is CC(=O)Nc1cc(NC(C)=O)cc(C(=O)N(C)Cc2cccc3ccccc23)c1. The molecule has 0 atom stereocenters. The summed E-state index contributed by atoms with van der Waals surface area (Å²) < 4.78 is 0. The highest BCUT2D eigenvalue weighted by Crippen LogP contribution is 2.23. The number of amides is 3. The Balaban J connectivity index is 1.89. The second kappa shape index (κ2) is 8.56. The smallest absolute Gasteiger partial charge is 0.254 e. The summed E-state index contributed by atoms with van der Waals surface area (Å²) in [5.74, 6) is -0.725. The molecule has 6 heteroatoms. The van der Waals surface area contributed by atoms with Crippen molar-refractivity contribution in [3.05, 3.63) is 71.8 Å². The number of benzene rings is 3. The Morgan fingerprint density at radius 2 is 1.41 bits per heavy atom. The zero-order valence-corrected chi connectivity index (χ0v) is 16.7. The molecular weight excluding hydrogens is 366 g/mol. The molecule has 6 nitrogen and oxygen atoms in total. The van der Waals surface area contributed by atoms with Crippen molar-refractivity contribution in [2.24, 2.45) is 0 Å². The Bertz CT molecular complexity index is 1050. The van der Waals surface area contributed by atoms with E-state index < -0.39 is 0 Å². The van der Waals surface area contributed by atoms with Gasteiger partial charge in [-0.15, -0.1) is 0 Å². The van der Waals surface area contributed by atoms with Crippen LogP contribution in [0.2, 0.25) is 0 Å². The molecule has 0 heterocycles. The maximum absolute atomic E-state index is 13.1. The maximum atomic E-state index is 13.1. The van der Waals surface area contributed by atoms with Gasteiger partial charge in [0.05, 0.1) is 0 Å². The minimum Gasteiger partial charge on any atom is -0.337 e. The molecule has 148 valence electrons. The van der Waals surface area contributed by atoms with Crippen molar-refractivity contribution in [2.45, 2.75) is 20.4 Å². The predicted octanol–water partition coefficient (Wildman–Crippen LogP) is 4.03. The first kappa shape index (κ1) is 20.1. The molecule has 0 aliphatic heterocycles. The summed E-state index contributed by atoms with van der Waals surface area (Å²) in [6.45, 7) is 3.21. The van der Waals surface area contributed by atoms with Gasteiger partial charge < -0.3 is 15.5 Å². The largest absolute Gasteiger partial charge is 0.337 e. The third kappa shape index (κ3) is 4.99. The first-order chi connectivity index (χ1) is 13.8. The normalized spacial score (nSPS) is 10.4. The molecule has 3 aromatic carbocycles. The van der Waals surface area contributed by atoms with Gasteiger partial charge in [-0.05, 0) is 34.5 Å². The predicted molar refractivity (Wildman–Crippen MR) is 115 cm³/mol. The van der Waals surface area contributed by atoms with Gasteiger partial charge in [0.2, 0.25) is 11.8 Å². The number of hydrogen-bond donors (Lipinski definition) is 2. The molecule has 0 unspecified atom stereocenters. The molecule has 0 aliphatic carbocycles. The summed E-state index contributed by atoms with van der Waals surface area (Å²) in [6.07, 6.45) is 0. The zero-order valence-electron chi connectivity index (χ0n) is 16.7. The van der Waals surface area contributed by atoms with Crippen molar-refractivity contribution in [3.8, 4) is 0 Å². The van der Waals surface area contributed by atoms with Crippen LogP contribution >= 0.6 is 0 Å². The summed E-state index contributed by atoms with van der Waals surface area (Å²) >= 11 is 0. The summed E-state index contributed by atoms with van der Waals surface area (Å²) in [7, 11) is 1.73. The fourth-order valence-corrected chi connectivity index (χ4v) is 3.28. The number of rotatable bonds is 5. The first-order valence-corrected chi connectivity index (χ1v) is 9.26. The van der Waals surface area contributed by atoms with Gasteiger partial charge in [-0.2, -0.15) is 0 Å². The monoisotopic (exact) mass is 389 g/mol. The van der Waals surface area contributed by atoms with Crippen LogP contribution in [0, 0.1) is 0 Å². The van der Waals surface area contributed by atoms with Crippen molar-refractivity contribution >= 4 is 39.9 Å². The van der Waals surface area contributed by atoms with Crippen LogP contribution < -0.4 is 10.6 Å². The summed E-state index contributed by atoms with van der Waals surface area (Å²) in [6, 6.07) is 18.9. The Hall–Kier alpha value is -3.67. The quantitative estimate of drug-likeness (QED) is 0.692. The van der Waals surface area contributed by atoms with E-state index in [0.29, 0.717) is 23.5 Å². The van der Waals surface area contributed by atoms with Crippen molar-refractivity contribution < 1.29 is 14.4 Å². The molecule has 3 amide bonds. The third-order valence-electron chi connectivity index (χ3n) is 4.45. The van der Waals surface area contributed by atoms with Gasteiger partial charge in [0.25, 0.3) is 5.91 Å². The second-order valence-electron chi connectivity index (χ2n) is 6.96. The lowest BCUT2D eigenvalue weighted by atomic mass is 10.0. The van der Waals surface area contributed by atoms with E-state index in [1.54, 1.807) is 30.1 Å². The molecule has 0 aromatic heterocycles. The van der Waals surface area contributed by atoms with Crippen LogP contribution in [-0.4, -0.2) is 29.7 Å². The topological polar surface area (TPSA) is 78.5 Å². The van der Waals surface area contributed by atoms with E-state index in [4.69, 9.17) is 0 Å². The molecule has 0 saturated heterocycles. The van der Waals surface area contributed by atoms with Gasteiger partial charge in [0.1, 0.15) is 0 Å². The molecule has 0 radical (unpaired) electrons. The summed E-state index contributed by atoms with van der Waals surface area (Å²) in [5, 5.41) is 7.55. The van der Waals surface area contributed by atoms with E-state index in [1.807, 2.05) is 42.5 Å². The number of hydrogen-bond acceptors (Lipinski definition) is 3. The highest BCUT2D eigenvalue weighted by molar-refractivity contribution is 6.00. The average molecular weight is 389 g/mol. The highest BCUT2D eigenvalue weighted by atomic mass is 16.2. The van der Waals surface area contributed by atoms with Crippen LogP contribution in [-0.2, 0) is 16.1 Å². The van der Waals surface area contributed by atoms with Gasteiger partial charge >= 0.3 is 0 Å². The van der Waals surface area contributed by atoms with Crippen molar-refractivity contribution in [1.29, 1.82) is 0 Å². The maximum Gasteiger partial charge on any atom is 0.254 e. The molecule has 3 aromatic rings.